The Morgan fingerprint density at radius 2 is 1.76 bits per heavy atom. The summed E-state index contributed by atoms with van der Waals surface area (Å²) >= 11 is 2.78. The van der Waals surface area contributed by atoms with Crippen LogP contribution in [0.4, 0.5) is 16.4 Å². The number of nitriles is 1. The molecule has 0 radical (unpaired) electrons. The number of thiophene rings is 1. The predicted octanol–water partition coefficient (Wildman–Crippen LogP) is 8.21. The minimum atomic E-state index is -0.695. The van der Waals surface area contributed by atoms with E-state index in [1.807, 2.05) is 6.07 Å². The van der Waals surface area contributed by atoms with E-state index in [1.54, 1.807) is 61.5 Å². The Bertz CT molecular complexity index is 2010. The van der Waals surface area contributed by atoms with Crippen LogP contribution in [-0.2, 0) is 22.4 Å². The fourth-order valence-corrected chi connectivity index (χ4v) is 7.93. The number of nitrogens with one attached hydrogen (secondary N) is 3. The molecule has 1 aromatic heterocycles. The molecule has 0 saturated heterocycles. The Hall–Kier alpha value is -5.25. The topological polar surface area (TPSA) is 154 Å². The van der Waals surface area contributed by atoms with E-state index in [0.717, 1.165) is 24.8 Å². The Morgan fingerprint density at radius 3 is 2.46 bits per heavy atom. The van der Waals surface area contributed by atoms with Crippen LogP contribution < -0.4 is 16.0 Å². The number of fused-ring (bicyclic) bond motifs is 1. The summed E-state index contributed by atoms with van der Waals surface area (Å²) in [6.07, 6.45) is 3.99. The molecule has 0 spiro atoms. The summed E-state index contributed by atoms with van der Waals surface area (Å²) in [7, 11) is 0. The van der Waals surface area contributed by atoms with Gasteiger partial charge in [-0.05, 0) is 85.6 Å². The van der Waals surface area contributed by atoms with E-state index < -0.39 is 22.0 Å². The first kappa shape index (κ1) is 36.0. The van der Waals surface area contributed by atoms with Gasteiger partial charge in [-0.2, -0.15) is 5.26 Å². The van der Waals surface area contributed by atoms with E-state index >= 15 is 0 Å². The summed E-state index contributed by atoms with van der Waals surface area (Å²) in [5, 5.41) is 30.0. The van der Waals surface area contributed by atoms with Crippen LogP contribution in [0.5, 0.6) is 0 Å². The molecule has 0 saturated carbocycles. The highest BCUT2D eigenvalue weighted by Crippen LogP contribution is 2.44. The van der Waals surface area contributed by atoms with E-state index in [-0.39, 0.29) is 28.3 Å². The highest BCUT2D eigenvalue weighted by Gasteiger charge is 2.33. The Balaban J connectivity index is 1.30. The molecule has 10 nitrogen and oxygen atoms in total. The van der Waals surface area contributed by atoms with Gasteiger partial charge in [-0.3, -0.25) is 24.5 Å². The van der Waals surface area contributed by atoms with Crippen molar-refractivity contribution in [2.75, 3.05) is 10.6 Å². The van der Waals surface area contributed by atoms with Crippen LogP contribution in [0.3, 0.4) is 0 Å². The Kier molecular flexibility index (Phi) is 11.2. The van der Waals surface area contributed by atoms with Crippen LogP contribution in [0.1, 0.15) is 66.0 Å². The minimum Gasteiger partial charge on any atom is -0.321 e. The molecule has 1 aliphatic rings. The molecule has 3 N–H and O–H groups in total. The molecular weight excluding hydrogens is 671 g/mol. The molecule has 5 rings (SSSR count). The van der Waals surface area contributed by atoms with Crippen molar-refractivity contribution in [1.29, 1.82) is 5.26 Å². The van der Waals surface area contributed by atoms with E-state index in [4.69, 9.17) is 0 Å². The summed E-state index contributed by atoms with van der Waals surface area (Å²) in [4.78, 5) is 52.9. The third kappa shape index (κ3) is 8.66. The molecular formula is C38H37N5O5S2. The van der Waals surface area contributed by atoms with Crippen LogP contribution >= 0.6 is 23.1 Å². The molecule has 2 atom stereocenters. The van der Waals surface area contributed by atoms with Gasteiger partial charge >= 0.3 is 0 Å². The van der Waals surface area contributed by atoms with Gasteiger partial charge in [0.25, 0.3) is 17.5 Å². The summed E-state index contributed by atoms with van der Waals surface area (Å²) in [6.45, 7) is 8.48. The maximum Gasteiger partial charge on any atom is 0.276 e. The number of thioether (sulfide) groups is 1. The number of amides is 3. The van der Waals surface area contributed by atoms with E-state index in [9.17, 15) is 29.8 Å². The van der Waals surface area contributed by atoms with Crippen molar-refractivity contribution in [3.63, 3.8) is 0 Å². The molecule has 256 valence electrons. The van der Waals surface area contributed by atoms with Crippen molar-refractivity contribution in [2.45, 2.75) is 57.1 Å². The molecule has 12 heteroatoms. The molecule has 0 bridgehead atoms. The standard InChI is InChI=1S/C38H37N5O5S2/c1-23(34(44)42-37-30(22-39)29-18-17-26(38(2,3)4)20-33(29)50-37)49-28-15-10-14-27(21-28)40-36(46)31(41-35(45)24-11-6-5-7-12-24)19-25-13-8-9-16-32(25)43(47)48/h5-16,19,21,23,26H,17-18,20H2,1-4H3,(H,40,46)(H,41,45)(H,42,44)/b31-19+. The van der Waals surface area contributed by atoms with Gasteiger partial charge in [-0.15, -0.1) is 23.1 Å². The van der Waals surface area contributed by atoms with Crippen molar-refractivity contribution < 1.29 is 19.3 Å². The summed E-state index contributed by atoms with van der Waals surface area (Å²) in [5.74, 6) is -0.991. The number of benzene rings is 3. The van der Waals surface area contributed by atoms with Crippen LogP contribution in [0.25, 0.3) is 6.08 Å². The first-order chi connectivity index (χ1) is 23.8. The molecule has 1 heterocycles. The fourth-order valence-electron chi connectivity index (χ4n) is 5.72. The number of para-hydroxylation sites is 1. The van der Waals surface area contributed by atoms with Crippen LogP contribution in [0, 0.1) is 32.8 Å². The van der Waals surface area contributed by atoms with E-state index in [1.165, 1.54) is 52.3 Å². The highest BCUT2D eigenvalue weighted by molar-refractivity contribution is 8.00. The Labute approximate surface area is 299 Å². The van der Waals surface area contributed by atoms with Gasteiger partial charge in [-0.25, -0.2) is 0 Å². The van der Waals surface area contributed by atoms with Crippen LogP contribution in [0.15, 0.2) is 89.5 Å². The second kappa shape index (κ2) is 15.5. The average Bonchev–Trinajstić information content (AvgIpc) is 3.44. The Morgan fingerprint density at radius 1 is 1.04 bits per heavy atom. The molecule has 3 amide bonds. The molecule has 0 fully saturated rings. The molecule has 3 aromatic carbocycles. The molecule has 4 aromatic rings. The number of nitrogens with zero attached hydrogens (tertiary/aromatic N) is 2. The van der Waals surface area contributed by atoms with Crippen LogP contribution in [0.2, 0.25) is 0 Å². The average molecular weight is 708 g/mol. The minimum absolute atomic E-state index is 0.139. The van der Waals surface area contributed by atoms with Crippen molar-refractivity contribution >= 4 is 63.3 Å². The monoisotopic (exact) mass is 707 g/mol. The number of hydrogen-bond donors (Lipinski definition) is 3. The number of nitro groups is 1. The highest BCUT2D eigenvalue weighted by atomic mass is 32.2. The lowest BCUT2D eigenvalue weighted by atomic mass is 9.72. The zero-order valence-corrected chi connectivity index (χ0v) is 29.7. The number of anilines is 2. The lowest BCUT2D eigenvalue weighted by Gasteiger charge is -2.33. The molecule has 1 aliphatic carbocycles. The fraction of sp³-hybridized carbons (Fsp3) is 0.263. The maximum absolute atomic E-state index is 13.6. The van der Waals surface area contributed by atoms with Crippen molar-refractivity contribution in [3.05, 3.63) is 122 Å². The summed E-state index contributed by atoms with van der Waals surface area (Å²) in [5.41, 5.74) is 2.17. The quantitative estimate of drug-likeness (QED) is 0.0650. The van der Waals surface area contributed by atoms with Gasteiger partial charge in [0.2, 0.25) is 5.91 Å². The predicted molar refractivity (Wildman–Crippen MR) is 198 cm³/mol. The number of nitro benzene ring substituents is 1. The van der Waals surface area contributed by atoms with Gasteiger partial charge < -0.3 is 16.0 Å². The lowest BCUT2D eigenvalue weighted by Crippen LogP contribution is -2.30. The maximum atomic E-state index is 13.6. The number of rotatable bonds is 10. The second-order valence-electron chi connectivity index (χ2n) is 13.1. The largest absolute Gasteiger partial charge is 0.321 e. The summed E-state index contributed by atoms with van der Waals surface area (Å²) in [6, 6.07) is 23.4. The van der Waals surface area contributed by atoms with E-state index in [0.29, 0.717) is 32.6 Å². The second-order valence-corrected chi connectivity index (χ2v) is 15.6. The van der Waals surface area contributed by atoms with Gasteiger partial charge in [-0.1, -0.05) is 57.2 Å². The van der Waals surface area contributed by atoms with Crippen molar-refractivity contribution in [3.8, 4) is 6.07 Å². The zero-order chi connectivity index (χ0) is 36.0. The normalized spacial score (nSPS) is 14.9. The summed E-state index contributed by atoms with van der Waals surface area (Å²) < 4.78 is 0. The molecule has 2 unspecified atom stereocenters. The van der Waals surface area contributed by atoms with Gasteiger partial charge in [0.05, 0.1) is 21.3 Å². The van der Waals surface area contributed by atoms with Crippen LogP contribution in [-0.4, -0.2) is 27.9 Å². The zero-order valence-electron chi connectivity index (χ0n) is 28.1. The van der Waals surface area contributed by atoms with Crippen molar-refractivity contribution in [2.24, 2.45) is 11.3 Å². The first-order valence-electron chi connectivity index (χ1n) is 16.1. The number of hydrogen-bond acceptors (Lipinski definition) is 8. The lowest BCUT2D eigenvalue weighted by molar-refractivity contribution is -0.385. The van der Waals surface area contributed by atoms with Gasteiger partial charge in [0.1, 0.15) is 16.8 Å². The van der Waals surface area contributed by atoms with E-state index in [2.05, 4.69) is 42.8 Å². The molecule has 50 heavy (non-hydrogen) atoms. The SMILES string of the molecule is CC(Sc1cccc(NC(=O)/C(=C\c2ccccc2[N+](=O)[O-])NC(=O)c2ccccc2)c1)C(=O)Nc1sc2c(c1C#N)CCC(C(C)(C)C)C2. The van der Waals surface area contributed by atoms with Gasteiger partial charge in [0.15, 0.2) is 0 Å². The number of carbonyl (C=O) groups excluding carboxylic acids is 3. The number of carbonyl (C=O) groups is 3. The third-order valence-corrected chi connectivity index (χ3v) is 10.8. The smallest absolute Gasteiger partial charge is 0.276 e. The van der Waals surface area contributed by atoms with Gasteiger partial charge in [0, 0.05) is 27.1 Å². The molecule has 0 aliphatic heterocycles. The first-order valence-corrected chi connectivity index (χ1v) is 17.8. The van der Waals surface area contributed by atoms with Crippen molar-refractivity contribution in [1.82, 2.24) is 5.32 Å². The third-order valence-electron chi connectivity index (χ3n) is 8.57.